The number of hydrogen-bond donors (Lipinski definition) is 1. The van der Waals surface area contributed by atoms with E-state index in [1.54, 1.807) is 12.4 Å². The van der Waals surface area contributed by atoms with Crippen molar-refractivity contribution in [2.45, 2.75) is 51.6 Å². The molecule has 0 aromatic carbocycles. The number of pyridine rings is 1. The molecule has 6 heteroatoms. The number of aryl methyl sites for hydroxylation is 2. The Morgan fingerprint density at radius 1 is 1.36 bits per heavy atom. The number of aliphatic hydroxyl groups is 1. The smallest absolute Gasteiger partial charge is 0.222 e. The third kappa shape index (κ3) is 3.24. The van der Waals surface area contributed by atoms with E-state index in [4.69, 9.17) is 0 Å². The molecule has 0 spiro atoms. The molecule has 2 aromatic heterocycles. The topological polar surface area (TPSA) is 71.2 Å². The first kappa shape index (κ1) is 19.1. The Balaban J connectivity index is 1.46. The largest absolute Gasteiger partial charge is 0.385 e. The van der Waals surface area contributed by atoms with Gasteiger partial charge in [-0.1, -0.05) is 6.07 Å². The summed E-state index contributed by atoms with van der Waals surface area (Å²) >= 11 is 0. The molecule has 28 heavy (non-hydrogen) atoms. The SMILES string of the molecule is Cc1nn(C)c(C)c1CCC(=O)N1CC2CCCC(O)(c3cccnc3)C2C1. The molecule has 4 rings (SSSR count). The molecule has 0 bridgehead atoms. The molecular formula is C22H30N4O2. The third-order valence-electron chi connectivity index (χ3n) is 6.95. The van der Waals surface area contributed by atoms with Gasteiger partial charge in [0.25, 0.3) is 0 Å². The number of carbonyl (C=O) groups is 1. The first-order valence-electron chi connectivity index (χ1n) is 10.3. The lowest BCUT2D eigenvalue weighted by molar-refractivity contribution is -0.130. The van der Waals surface area contributed by atoms with Crippen LogP contribution in [-0.4, -0.2) is 43.8 Å². The fourth-order valence-corrected chi connectivity index (χ4v) is 5.27. The van der Waals surface area contributed by atoms with Gasteiger partial charge >= 0.3 is 0 Å². The minimum absolute atomic E-state index is 0.0938. The van der Waals surface area contributed by atoms with Gasteiger partial charge in [-0.2, -0.15) is 5.10 Å². The summed E-state index contributed by atoms with van der Waals surface area (Å²) in [7, 11) is 1.94. The van der Waals surface area contributed by atoms with E-state index in [9.17, 15) is 9.90 Å². The number of likely N-dealkylation sites (tertiary alicyclic amines) is 1. The maximum Gasteiger partial charge on any atom is 0.222 e. The highest BCUT2D eigenvalue weighted by molar-refractivity contribution is 5.77. The van der Waals surface area contributed by atoms with Gasteiger partial charge in [-0.05, 0) is 57.1 Å². The molecule has 1 saturated heterocycles. The van der Waals surface area contributed by atoms with Crippen LogP contribution >= 0.6 is 0 Å². The molecule has 1 aliphatic carbocycles. The van der Waals surface area contributed by atoms with Crippen LogP contribution in [0, 0.1) is 25.7 Å². The van der Waals surface area contributed by atoms with Crippen LogP contribution < -0.4 is 0 Å². The van der Waals surface area contributed by atoms with Crippen molar-refractivity contribution in [3.63, 3.8) is 0 Å². The van der Waals surface area contributed by atoms with Gasteiger partial charge in [0.2, 0.25) is 5.91 Å². The van der Waals surface area contributed by atoms with Crippen LogP contribution in [0.25, 0.3) is 0 Å². The lowest BCUT2D eigenvalue weighted by atomic mass is 9.68. The zero-order valence-electron chi connectivity index (χ0n) is 17.1. The molecule has 3 unspecified atom stereocenters. The van der Waals surface area contributed by atoms with Crippen LogP contribution in [0.4, 0.5) is 0 Å². The Morgan fingerprint density at radius 3 is 2.86 bits per heavy atom. The Hall–Kier alpha value is -2.21. The molecule has 1 N–H and O–H groups in total. The van der Waals surface area contributed by atoms with Crippen molar-refractivity contribution < 1.29 is 9.90 Å². The molecular weight excluding hydrogens is 352 g/mol. The summed E-state index contributed by atoms with van der Waals surface area (Å²) in [6.45, 7) is 5.46. The minimum atomic E-state index is -0.872. The van der Waals surface area contributed by atoms with Gasteiger partial charge in [0, 0.05) is 56.1 Å². The zero-order chi connectivity index (χ0) is 19.9. The predicted molar refractivity (Wildman–Crippen MR) is 107 cm³/mol. The van der Waals surface area contributed by atoms with Crippen LogP contribution in [0.1, 0.15) is 48.2 Å². The van der Waals surface area contributed by atoms with Gasteiger partial charge in [-0.3, -0.25) is 14.5 Å². The summed E-state index contributed by atoms with van der Waals surface area (Å²) < 4.78 is 1.88. The van der Waals surface area contributed by atoms with E-state index < -0.39 is 5.60 Å². The number of fused-ring (bicyclic) bond motifs is 1. The molecule has 1 amide bonds. The lowest BCUT2D eigenvalue weighted by Gasteiger charge is -2.41. The molecule has 3 heterocycles. The fourth-order valence-electron chi connectivity index (χ4n) is 5.27. The summed E-state index contributed by atoms with van der Waals surface area (Å²) in [6.07, 6.45) is 7.55. The van der Waals surface area contributed by atoms with Crippen molar-refractivity contribution in [1.29, 1.82) is 0 Å². The molecule has 2 fully saturated rings. The monoisotopic (exact) mass is 382 g/mol. The highest BCUT2D eigenvalue weighted by Gasteiger charge is 2.50. The van der Waals surface area contributed by atoms with E-state index >= 15 is 0 Å². The van der Waals surface area contributed by atoms with E-state index in [1.807, 2.05) is 35.7 Å². The van der Waals surface area contributed by atoms with Gasteiger partial charge in [-0.15, -0.1) is 0 Å². The standard InChI is InChI=1S/C22H30N4O2/c1-15-19(16(2)25(3)24-15)8-9-21(27)26-13-17-6-4-10-22(28,20(17)14-26)18-7-5-11-23-12-18/h5,7,11-12,17,20,28H,4,6,8-10,13-14H2,1-3H3. The highest BCUT2D eigenvalue weighted by Crippen LogP contribution is 2.48. The quantitative estimate of drug-likeness (QED) is 0.882. The Kier molecular flexibility index (Phi) is 5.00. The number of nitrogens with zero attached hydrogens (tertiary/aromatic N) is 4. The highest BCUT2D eigenvalue weighted by atomic mass is 16.3. The summed E-state index contributed by atoms with van der Waals surface area (Å²) in [4.78, 5) is 19.1. The average molecular weight is 383 g/mol. The van der Waals surface area contributed by atoms with E-state index in [0.29, 0.717) is 18.9 Å². The van der Waals surface area contributed by atoms with Gasteiger partial charge < -0.3 is 10.0 Å². The van der Waals surface area contributed by atoms with Crippen LogP contribution in [-0.2, 0) is 23.9 Å². The summed E-state index contributed by atoms with van der Waals surface area (Å²) in [6, 6.07) is 3.85. The van der Waals surface area contributed by atoms with E-state index in [0.717, 1.165) is 49.2 Å². The van der Waals surface area contributed by atoms with Crippen LogP contribution in [0.15, 0.2) is 24.5 Å². The predicted octanol–water partition coefficient (Wildman–Crippen LogP) is 2.51. The maximum atomic E-state index is 12.9. The lowest BCUT2D eigenvalue weighted by Crippen LogP contribution is -2.43. The minimum Gasteiger partial charge on any atom is -0.385 e. The van der Waals surface area contributed by atoms with Crippen LogP contribution in [0.2, 0.25) is 0 Å². The van der Waals surface area contributed by atoms with E-state index in [-0.39, 0.29) is 11.8 Å². The Bertz CT molecular complexity index is 863. The second-order valence-electron chi connectivity index (χ2n) is 8.50. The Labute approximate surface area is 166 Å². The van der Waals surface area contributed by atoms with Crippen molar-refractivity contribution >= 4 is 5.91 Å². The van der Waals surface area contributed by atoms with Crippen LogP contribution in [0.3, 0.4) is 0 Å². The van der Waals surface area contributed by atoms with Gasteiger partial charge in [-0.25, -0.2) is 0 Å². The number of rotatable bonds is 4. The van der Waals surface area contributed by atoms with Crippen molar-refractivity contribution in [3.8, 4) is 0 Å². The number of aromatic nitrogens is 3. The first-order valence-corrected chi connectivity index (χ1v) is 10.3. The van der Waals surface area contributed by atoms with Crippen molar-refractivity contribution in [2.24, 2.45) is 18.9 Å². The second kappa shape index (κ2) is 7.32. The molecule has 1 aliphatic heterocycles. The first-order chi connectivity index (χ1) is 13.4. The van der Waals surface area contributed by atoms with Crippen molar-refractivity contribution in [1.82, 2.24) is 19.7 Å². The van der Waals surface area contributed by atoms with Gasteiger partial charge in [0.1, 0.15) is 0 Å². The van der Waals surface area contributed by atoms with Crippen molar-refractivity contribution in [2.75, 3.05) is 13.1 Å². The summed E-state index contributed by atoms with van der Waals surface area (Å²) in [5.41, 5.74) is 3.34. The molecule has 0 radical (unpaired) electrons. The van der Waals surface area contributed by atoms with Crippen LogP contribution in [0.5, 0.6) is 0 Å². The molecule has 2 aliphatic rings. The van der Waals surface area contributed by atoms with Gasteiger partial charge in [0.05, 0.1) is 11.3 Å². The molecule has 150 valence electrons. The van der Waals surface area contributed by atoms with Gasteiger partial charge in [0.15, 0.2) is 0 Å². The van der Waals surface area contributed by atoms with E-state index in [1.165, 1.54) is 5.56 Å². The molecule has 3 atom stereocenters. The molecule has 2 aromatic rings. The van der Waals surface area contributed by atoms with Crippen molar-refractivity contribution in [3.05, 3.63) is 47.0 Å². The average Bonchev–Trinajstić information content (AvgIpc) is 3.23. The third-order valence-corrected chi connectivity index (χ3v) is 6.95. The number of carbonyl (C=O) groups excluding carboxylic acids is 1. The number of amides is 1. The summed E-state index contributed by atoms with van der Waals surface area (Å²) in [5.74, 6) is 0.645. The van der Waals surface area contributed by atoms with E-state index in [2.05, 4.69) is 17.0 Å². The molecule has 1 saturated carbocycles. The normalized spacial score (nSPS) is 27.1. The second-order valence-corrected chi connectivity index (χ2v) is 8.50. The Morgan fingerprint density at radius 2 is 2.18 bits per heavy atom. The molecule has 6 nitrogen and oxygen atoms in total. The summed E-state index contributed by atoms with van der Waals surface area (Å²) in [5, 5.41) is 16.0. The number of hydrogen-bond acceptors (Lipinski definition) is 4. The zero-order valence-corrected chi connectivity index (χ0v) is 17.1. The maximum absolute atomic E-state index is 12.9. The fraction of sp³-hybridized carbons (Fsp3) is 0.591.